The summed E-state index contributed by atoms with van der Waals surface area (Å²) in [7, 11) is 1.92. The second-order valence-corrected chi connectivity index (χ2v) is 5.34. The number of rotatable bonds is 5. The SMILES string of the molecule is CCOc1ccc2c(c1)c(CC(N)C(=O)O)c(Br)n2C. The molecule has 20 heavy (non-hydrogen) atoms. The van der Waals surface area contributed by atoms with E-state index in [0.29, 0.717) is 6.61 Å². The average molecular weight is 341 g/mol. The summed E-state index contributed by atoms with van der Waals surface area (Å²) in [6.07, 6.45) is 0.267. The molecule has 0 fully saturated rings. The molecule has 1 unspecified atom stereocenters. The molecule has 2 rings (SSSR count). The number of nitrogens with zero attached hydrogens (tertiary/aromatic N) is 1. The molecule has 1 atom stereocenters. The number of nitrogens with two attached hydrogens (primary N) is 1. The molecule has 0 aliphatic rings. The van der Waals surface area contributed by atoms with Crippen LogP contribution in [0.4, 0.5) is 0 Å². The molecule has 1 heterocycles. The summed E-state index contributed by atoms with van der Waals surface area (Å²) in [6, 6.07) is 4.86. The van der Waals surface area contributed by atoms with Gasteiger partial charge in [-0.3, -0.25) is 4.79 Å². The quantitative estimate of drug-likeness (QED) is 0.875. The van der Waals surface area contributed by atoms with E-state index < -0.39 is 12.0 Å². The lowest BCUT2D eigenvalue weighted by atomic mass is 10.1. The van der Waals surface area contributed by atoms with Gasteiger partial charge in [-0.15, -0.1) is 0 Å². The van der Waals surface area contributed by atoms with Gasteiger partial charge in [0.15, 0.2) is 0 Å². The van der Waals surface area contributed by atoms with Gasteiger partial charge in [-0.25, -0.2) is 0 Å². The Morgan fingerprint density at radius 3 is 2.85 bits per heavy atom. The number of carboxylic acid groups (broad SMARTS) is 1. The third-order valence-electron chi connectivity index (χ3n) is 3.25. The van der Waals surface area contributed by atoms with Gasteiger partial charge in [0.1, 0.15) is 11.8 Å². The summed E-state index contributed by atoms with van der Waals surface area (Å²) in [5.74, 6) is -0.238. The maximum absolute atomic E-state index is 11.0. The normalized spacial score (nSPS) is 12.6. The molecule has 3 N–H and O–H groups in total. The number of hydrogen-bond acceptors (Lipinski definition) is 3. The van der Waals surface area contributed by atoms with Crippen molar-refractivity contribution >= 4 is 32.8 Å². The predicted molar refractivity (Wildman–Crippen MR) is 81.1 cm³/mol. The maximum Gasteiger partial charge on any atom is 0.320 e. The average Bonchev–Trinajstić information content (AvgIpc) is 2.64. The first-order valence-electron chi connectivity index (χ1n) is 6.33. The highest BCUT2D eigenvalue weighted by Gasteiger charge is 2.20. The van der Waals surface area contributed by atoms with Gasteiger partial charge in [-0.2, -0.15) is 0 Å². The van der Waals surface area contributed by atoms with Gasteiger partial charge in [-0.1, -0.05) is 0 Å². The van der Waals surface area contributed by atoms with Gasteiger partial charge in [-0.05, 0) is 46.6 Å². The van der Waals surface area contributed by atoms with Crippen molar-refractivity contribution in [3.8, 4) is 5.75 Å². The first kappa shape index (κ1) is 14.9. The number of carbonyl (C=O) groups is 1. The number of fused-ring (bicyclic) bond motifs is 1. The molecule has 0 amide bonds. The summed E-state index contributed by atoms with van der Waals surface area (Å²) in [4.78, 5) is 11.0. The van der Waals surface area contributed by atoms with Crippen LogP contribution in [0.25, 0.3) is 10.9 Å². The number of hydrogen-bond donors (Lipinski definition) is 2. The van der Waals surface area contributed by atoms with E-state index in [4.69, 9.17) is 15.6 Å². The van der Waals surface area contributed by atoms with E-state index in [2.05, 4.69) is 15.9 Å². The highest BCUT2D eigenvalue weighted by Crippen LogP contribution is 2.32. The second-order valence-electron chi connectivity index (χ2n) is 4.59. The molecular weight excluding hydrogens is 324 g/mol. The van der Waals surface area contributed by atoms with Crippen molar-refractivity contribution < 1.29 is 14.6 Å². The number of aliphatic carboxylic acids is 1. The predicted octanol–water partition coefficient (Wildman–Crippen LogP) is 2.29. The van der Waals surface area contributed by atoms with Crippen LogP contribution in [-0.2, 0) is 18.3 Å². The topological polar surface area (TPSA) is 77.5 Å². The summed E-state index contributed by atoms with van der Waals surface area (Å²) in [5, 5.41) is 9.94. The molecule has 0 bridgehead atoms. The molecule has 2 aromatic rings. The molecule has 0 radical (unpaired) electrons. The fourth-order valence-corrected chi connectivity index (χ4v) is 2.79. The van der Waals surface area contributed by atoms with Crippen molar-refractivity contribution in [3.05, 3.63) is 28.4 Å². The highest BCUT2D eigenvalue weighted by molar-refractivity contribution is 9.10. The molecule has 108 valence electrons. The van der Waals surface area contributed by atoms with Crippen molar-refractivity contribution in [2.45, 2.75) is 19.4 Å². The second kappa shape index (κ2) is 5.85. The Kier molecular flexibility index (Phi) is 4.35. The van der Waals surface area contributed by atoms with E-state index in [1.165, 1.54) is 0 Å². The number of benzene rings is 1. The van der Waals surface area contributed by atoms with Crippen LogP contribution in [0.2, 0.25) is 0 Å². The molecule has 6 heteroatoms. The van der Waals surface area contributed by atoms with E-state index in [0.717, 1.165) is 26.8 Å². The monoisotopic (exact) mass is 340 g/mol. The smallest absolute Gasteiger partial charge is 0.320 e. The molecule has 0 saturated heterocycles. The van der Waals surface area contributed by atoms with Crippen LogP contribution >= 0.6 is 15.9 Å². The molecule has 0 saturated carbocycles. The zero-order chi connectivity index (χ0) is 14.9. The molecule has 1 aromatic heterocycles. The molecular formula is C14H17BrN2O3. The first-order chi connectivity index (χ1) is 9.45. The lowest BCUT2D eigenvalue weighted by Crippen LogP contribution is -2.32. The van der Waals surface area contributed by atoms with Crippen molar-refractivity contribution in [1.29, 1.82) is 0 Å². The van der Waals surface area contributed by atoms with Gasteiger partial charge in [0.2, 0.25) is 0 Å². The van der Waals surface area contributed by atoms with E-state index in [1.807, 2.05) is 36.7 Å². The Labute approximate surface area is 125 Å². The van der Waals surface area contributed by atoms with E-state index in [1.54, 1.807) is 0 Å². The van der Waals surface area contributed by atoms with Gasteiger partial charge in [0.25, 0.3) is 0 Å². The number of halogens is 1. The van der Waals surface area contributed by atoms with E-state index in [-0.39, 0.29) is 6.42 Å². The van der Waals surface area contributed by atoms with Crippen LogP contribution < -0.4 is 10.5 Å². The van der Waals surface area contributed by atoms with Crippen molar-refractivity contribution in [2.75, 3.05) is 6.61 Å². The van der Waals surface area contributed by atoms with Crippen molar-refractivity contribution in [2.24, 2.45) is 12.8 Å². The van der Waals surface area contributed by atoms with Crippen LogP contribution in [0.1, 0.15) is 12.5 Å². The minimum atomic E-state index is -1.00. The molecule has 5 nitrogen and oxygen atoms in total. The third kappa shape index (κ3) is 2.66. The molecule has 0 aliphatic heterocycles. The minimum Gasteiger partial charge on any atom is -0.494 e. The van der Waals surface area contributed by atoms with Gasteiger partial charge >= 0.3 is 5.97 Å². The highest BCUT2D eigenvalue weighted by atomic mass is 79.9. The van der Waals surface area contributed by atoms with Gasteiger partial charge in [0, 0.05) is 24.4 Å². The maximum atomic E-state index is 11.0. The van der Waals surface area contributed by atoms with Crippen LogP contribution in [-0.4, -0.2) is 28.3 Å². The number of carboxylic acids is 1. The summed E-state index contributed by atoms with van der Waals surface area (Å²) >= 11 is 3.51. The van der Waals surface area contributed by atoms with Crippen molar-refractivity contribution in [1.82, 2.24) is 4.57 Å². The Morgan fingerprint density at radius 2 is 2.25 bits per heavy atom. The number of aromatic nitrogens is 1. The summed E-state index contributed by atoms with van der Waals surface area (Å²) in [6.45, 7) is 2.51. The zero-order valence-corrected chi connectivity index (χ0v) is 13.0. The number of ether oxygens (including phenoxy) is 1. The van der Waals surface area contributed by atoms with Gasteiger partial charge < -0.3 is 20.1 Å². The molecule has 0 aliphatic carbocycles. The standard InChI is InChI=1S/C14H17BrN2O3/c1-3-20-8-4-5-12-9(6-8)10(13(15)17(12)2)7-11(16)14(18)19/h4-6,11H,3,7,16H2,1-2H3,(H,18,19). The summed E-state index contributed by atoms with van der Waals surface area (Å²) in [5.41, 5.74) is 7.55. The van der Waals surface area contributed by atoms with Crippen molar-refractivity contribution in [3.63, 3.8) is 0 Å². The Morgan fingerprint density at radius 1 is 1.55 bits per heavy atom. The Hall–Kier alpha value is -1.53. The third-order valence-corrected chi connectivity index (χ3v) is 4.26. The zero-order valence-electron chi connectivity index (χ0n) is 11.4. The Balaban J connectivity index is 2.53. The molecule has 0 spiro atoms. The lowest BCUT2D eigenvalue weighted by Gasteiger charge is -2.07. The largest absolute Gasteiger partial charge is 0.494 e. The Bertz CT molecular complexity index is 651. The van der Waals surface area contributed by atoms with Crippen LogP contribution in [0, 0.1) is 0 Å². The van der Waals surface area contributed by atoms with Crippen LogP contribution in [0.3, 0.4) is 0 Å². The molecule has 1 aromatic carbocycles. The first-order valence-corrected chi connectivity index (χ1v) is 7.13. The lowest BCUT2D eigenvalue weighted by molar-refractivity contribution is -0.138. The van der Waals surface area contributed by atoms with E-state index >= 15 is 0 Å². The van der Waals surface area contributed by atoms with Crippen LogP contribution in [0.15, 0.2) is 22.8 Å². The van der Waals surface area contributed by atoms with Crippen LogP contribution in [0.5, 0.6) is 5.75 Å². The van der Waals surface area contributed by atoms with Gasteiger partial charge in [0.05, 0.1) is 11.2 Å². The fourth-order valence-electron chi connectivity index (χ4n) is 2.23. The van der Waals surface area contributed by atoms with E-state index in [9.17, 15) is 4.79 Å². The fraction of sp³-hybridized carbons (Fsp3) is 0.357. The number of aryl methyl sites for hydroxylation is 1. The minimum absolute atomic E-state index is 0.267. The summed E-state index contributed by atoms with van der Waals surface area (Å²) < 4.78 is 8.31.